The summed E-state index contributed by atoms with van der Waals surface area (Å²) in [6, 6.07) is 46.0. The summed E-state index contributed by atoms with van der Waals surface area (Å²) in [7, 11) is 2.19. The number of hydrogen-bond donors (Lipinski definition) is 1. The molecule has 5 saturated heterocycles. The lowest BCUT2D eigenvalue weighted by molar-refractivity contribution is 0.128. The maximum absolute atomic E-state index is 3.37. The molecule has 10 nitrogen and oxygen atoms in total. The first-order valence-electron chi connectivity index (χ1n) is 33.4. The van der Waals surface area contributed by atoms with Crippen molar-refractivity contribution in [2.75, 3.05) is 169 Å². The average Bonchev–Trinajstić information content (AvgIpc) is 3.66. The molecule has 0 saturated carbocycles. The van der Waals surface area contributed by atoms with Crippen LogP contribution in [-0.2, 0) is 0 Å². The van der Waals surface area contributed by atoms with E-state index in [2.05, 4.69) is 289 Å². The van der Waals surface area contributed by atoms with Crippen molar-refractivity contribution in [2.24, 2.45) is 0 Å². The number of rotatable bonds is 12. The topological polar surface area (TPSA) is 41.2 Å². The molecular weight excluding hydrogens is 1040 g/mol. The van der Waals surface area contributed by atoms with Gasteiger partial charge in [-0.1, -0.05) is 137 Å². The maximum atomic E-state index is 3.37. The fourth-order valence-electron chi connectivity index (χ4n) is 11.8. The van der Waals surface area contributed by atoms with Crippen LogP contribution in [0.15, 0.2) is 121 Å². The van der Waals surface area contributed by atoms with Crippen molar-refractivity contribution in [3.8, 4) is 0 Å². The highest BCUT2D eigenvalue weighted by Gasteiger charge is 2.26. The van der Waals surface area contributed by atoms with Gasteiger partial charge >= 0.3 is 0 Å². The predicted octanol–water partition coefficient (Wildman–Crippen LogP) is 14.8. The van der Waals surface area contributed by atoms with E-state index in [4.69, 9.17) is 0 Å². The SMILES string of the molecule is CC(C)c1ccc(N2CCN(C(C)(C)C)CC2)cc1.CC(C)c1ccc(N2CCN(C(C)C)CC2)cc1.CC(C)c1ccc(N2CCN(C)CC2)cc1.CC(C)c1ccc(N2CCNCC2)cc1.CCN1CCN(c2ccc(C(C)C)cc2)CC1. The molecule has 10 heteroatoms. The van der Waals surface area contributed by atoms with Gasteiger partial charge in [-0.15, -0.1) is 0 Å². The zero-order valence-electron chi connectivity index (χ0n) is 56.9. The van der Waals surface area contributed by atoms with Crippen LogP contribution in [0.25, 0.3) is 0 Å². The van der Waals surface area contributed by atoms with Gasteiger partial charge in [-0.2, -0.15) is 0 Å². The van der Waals surface area contributed by atoms with Gasteiger partial charge in [-0.05, 0) is 166 Å². The molecule has 0 aliphatic carbocycles. The van der Waals surface area contributed by atoms with Gasteiger partial charge in [-0.25, -0.2) is 0 Å². The van der Waals surface area contributed by atoms with Crippen LogP contribution in [-0.4, -0.2) is 176 Å². The molecule has 0 bridgehead atoms. The van der Waals surface area contributed by atoms with E-state index in [1.54, 1.807) is 0 Å². The highest BCUT2D eigenvalue weighted by atomic mass is 15.3. The lowest BCUT2D eigenvalue weighted by atomic mass is 10.0. The summed E-state index contributed by atoms with van der Waals surface area (Å²) in [5, 5.41) is 3.37. The lowest BCUT2D eigenvalue weighted by Crippen LogP contribution is -2.53. The summed E-state index contributed by atoms with van der Waals surface area (Å²) in [4.78, 5) is 22.5. The summed E-state index contributed by atoms with van der Waals surface area (Å²) in [6.45, 7) is 60.4. The van der Waals surface area contributed by atoms with Crippen molar-refractivity contribution in [3.05, 3.63) is 149 Å². The minimum atomic E-state index is 0.299. The lowest BCUT2D eigenvalue weighted by Gasteiger charge is -2.43. The Morgan fingerprint density at radius 2 is 0.576 bits per heavy atom. The van der Waals surface area contributed by atoms with Gasteiger partial charge in [0, 0.05) is 171 Å². The summed E-state index contributed by atoms with van der Waals surface area (Å²) >= 11 is 0. The number of hydrogen-bond acceptors (Lipinski definition) is 10. The van der Waals surface area contributed by atoms with E-state index < -0.39 is 0 Å². The van der Waals surface area contributed by atoms with Crippen molar-refractivity contribution in [1.82, 2.24) is 24.9 Å². The molecule has 5 aliphatic rings. The monoisotopic (exact) mass is 1160 g/mol. The first kappa shape index (κ1) is 69.0. The smallest absolute Gasteiger partial charge is 0.0367 e. The summed E-state index contributed by atoms with van der Waals surface area (Å²) < 4.78 is 0. The number of nitrogens with zero attached hydrogens (tertiary/aromatic N) is 9. The van der Waals surface area contributed by atoms with Gasteiger partial charge in [0.05, 0.1) is 0 Å². The third-order valence-corrected chi connectivity index (χ3v) is 18.3. The van der Waals surface area contributed by atoms with Crippen LogP contribution in [0.5, 0.6) is 0 Å². The third-order valence-electron chi connectivity index (χ3n) is 18.3. The van der Waals surface area contributed by atoms with Crippen molar-refractivity contribution in [1.29, 1.82) is 0 Å². The van der Waals surface area contributed by atoms with Crippen LogP contribution < -0.4 is 29.8 Å². The van der Waals surface area contributed by atoms with Crippen LogP contribution >= 0.6 is 0 Å². The van der Waals surface area contributed by atoms with Gasteiger partial charge < -0.3 is 39.6 Å². The Balaban J connectivity index is 0.000000171. The molecule has 5 aliphatic heterocycles. The third kappa shape index (κ3) is 22.2. The molecule has 0 radical (unpaired) electrons. The molecule has 0 spiro atoms. The minimum absolute atomic E-state index is 0.299. The Morgan fingerprint density at radius 1 is 0.329 bits per heavy atom. The van der Waals surface area contributed by atoms with E-state index in [-0.39, 0.29) is 0 Å². The fraction of sp³-hybridized carbons (Fsp3) is 0.600. The van der Waals surface area contributed by atoms with Gasteiger partial charge in [0.1, 0.15) is 0 Å². The van der Waals surface area contributed by atoms with E-state index in [9.17, 15) is 0 Å². The largest absolute Gasteiger partial charge is 0.369 e. The van der Waals surface area contributed by atoms with Crippen molar-refractivity contribution in [2.45, 2.75) is 152 Å². The number of anilines is 5. The fourth-order valence-corrected chi connectivity index (χ4v) is 11.8. The van der Waals surface area contributed by atoms with E-state index in [1.807, 2.05) is 0 Å². The molecule has 5 heterocycles. The number of piperazine rings is 5. The highest BCUT2D eigenvalue weighted by Crippen LogP contribution is 2.27. The second-order valence-electron chi connectivity index (χ2n) is 27.4. The second-order valence-corrected chi connectivity index (χ2v) is 27.4. The molecule has 10 rings (SSSR count). The van der Waals surface area contributed by atoms with Crippen LogP contribution in [0, 0.1) is 0 Å². The quantitative estimate of drug-likeness (QED) is 0.131. The van der Waals surface area contributed by atoms with E-state index in [1.165, 1.54) is 102 Å². The predicted molar refractivity (Wildman–Crippen MR) is 374 cm³/mol. The zero-order valence-corrected chi connectivity index (χ0v) is 56.9. The normalized spacial score (nSPS) is 17.8. The van der Waals surface area contributed by atoms with Gasteiger partial charge in [0.15, 0.2) is 0 Å². The van der Waals surface area contributed by atoms with E-state index >= 15 is 0 Å². The average molecular weight is 1160 g/mol. The summed E-state index contributed by atoms with van der Waals surface area (Å²) in [5.74, 6) is 3.12. The van der Waals surface area contributed by atoms with E-state index in [0.29, 0.717) is 41.2 Å². The van der Waals surface area contributed by atoms with Crippen LogP contribution in [0.2, 0.25) is 0 Å². The first-order chi connectivity index (χ1) is 40.6. The first-order valence-corrected chi connectivity index (χ1v) is 33.4. The Labute approximate surface area is 520 Å². The molecule has 0 aromatic heterocycles. The molecule has 5 fully saturated rings. The van der Waals surface area contributed by atoms with Crippen molar-refractivity contribution in [3.63, 3.8) is 0 Å². The van der Waals surface area contributed by atoms with Crippen LogP contribution in [0.1, 0.15) is 168 Å². The maximum Gasteiger partial charge on any atom is 0.0367 e. The second kappa shape index (κ2) is 34.4. The molecule has 5 aromatic carbocycles. The Bertz CT molecular complexity index is 2550. The van der Waals surface area contributed by atoms with Crippen molar-refractivity contribution < 1.29 is 0 Å². The van der Waals surface area contributed by atoms with Crippen LogP contribution in [0.4, 0.5) is 28.4 Å². The van der Waals surface area contributed by atoms with Gasteiger partial charge in [0.2, 0.25) is 0 Å². The standard InChI is InChI=1S/C17H28N2.C16H26N2.C15H24N2.C14H22N2.C13H20N2/c1-14(2)15-6-8-16(9-7-15)18-10-12-19(13-11-18)17(3,4)5;1-13(2)15-5-7-16(8-6-15)18-11-9-17(10-12-18)14(3)4;1-4-16-9-11-17(12-10-16)15-7-5-14(6-8-15)13(2)3;1-12(2)13-4-6-14(7-5-13)16-10-8-15(3)9-11-16;1-11(2)12-3-5-13(6-4-12)15-9-7-14-8-10-15/h6-9,14H,10-13H2,1-5H3;5-8,13-14H,9-12H2,1-4H3;5-8,13H,4,9-12H2,1-3H3;4-7,12H,8-11H2,1-3H3;3-6,11,14H,7-10H2,1-2H3. The number of likely N-dealkylation sites (N-methyl/N-ethyl adjacent to an activating group) is 2. The summed E-state index contributed by atoms with van der Waals surface area (Å²) in [6.07, 6.45) is 0. The Morgan fingerprint density at radius 3 is 0.824 bits per heavy atom. The molecule has 85 heavy (non-hydrogen) atoms. The molecular formula is C75H120N10. The van der Waals surface area contributed by atoms with Gasteiger partial charge in [-0.3, -0.25) is 9.80 Å². The Kier molecular flexibility index (Phi) is 28.0. The van der Waals surface area contributed by atoms with Crippen LogP contribution in [0.3, 0.4) is 0 Å². The Hall–Kier alpha value is -5.10. The van der Waals surface area contributed by atoms with Gasteiger partial charge in [0.25, 0.3) is 0 Å². The molecule has 1 N–H and O–H groups in total. The minimum Gasteiger partial charge on any atom is -0.369 e. The molecule has 0 unspecified atom stereocenters. The molecule has 0 amide bonds. The van der Waals surface area contributed by atoms with Crippen molar-refractivity contribution >= 4 is 28.4 Å². The van der Waals surface area contributed by atoms with E-state index in [0.717, 1.165) is 91.6 Å². The number of nitrogens with one attached hydrogen (secondary N) is 1. The summed E-state index contributed by atoms with van der Waals surface area (Å²) in [5.41, 5.74) is 14.3. The number of benzene rings is 5. The zero-order chi connectivity index (χ0) is 61.6. The molecule has 470 valence electrons. The molecule has 0 atom stereocenters. The highest BCUT2D eigenvalue weighted by molar-refractivity contribution is 5.52. The molecule has 5 aromatic rings.